The average Bonchev–Trinajstić information content (AvgIpc) is 2.87. The molecule has 138 valence electrons. The third-order valence-electron chi connectivity index (χ3n) is 6.52. The number of benzene rings is 1. The van der Waals surface area contributed by atoms with E-state index < -0.39 is 27.6 Å². The Kier molecular flexibility index (Phi) is 4.58. The van der Waals surface area contributed by atoms with E-state index in [1.54, 1.807) is 19.1 Å². The van der Waals surface area contributed by atoms with Gasteiger partial charge in [0, 0.05) is 11.8 Å². The molecule has 2 bridgehead atoms. The first-order valence-corrected chi connectivity index (χ1v) is 10.5. The summed E-state index contributed by atoms with van der Waals surface area (Å²) in [6.07, 6.45) is 1.15. The number of Topliss-reactive ketones (excluding diaryl/α,β-unsaturated/α-hetero) is 1. The van der Waals surface area contributed by atoms with E-state index in [2.05, 4.69) is 4.72 Å². The lowest BCUT2D eigenvalue weighted by Gasteiger charge is -2.36. The fourth-order valence-corrected chi connectivity index (χ4v) is 6.90. The largest absolute Gasteiger partial charge is 0.391 e. The van der Waals surface area contributed by atoms with Crippen LogP contribution < -0.4 is 4.72 Å². The molecule has 2 aliphatic carbocycles. The Bertz CT molecular complexity index is 757. The number of aliphatic hydroxyl groups is 1. The average molecular weight is 365 g/mol. The van der Waals surface area contributed by atoms with E-state index in [-0.39, 0.29) is 22.9 Å². The molecule has 0 aromatic heterocycles. The third-order valence-corrected chi connectivity index (χ3v) is 8.01. The molecule has 4 atom stereocenters. The Balaban J connectivity index is 1.86. The first kappa shape index (κ1) is 18.5. The second-order valence-electron chi connectivity index (χ2n) is 8.17. The van der Waals surface area contributed by atoms with E-state index in [0.717, 1.165) is 6.42 Å². The summed E-state index contributed by atoms with van der Waals surface area (Å²) < 4.78 is 28.5. The fraction of sp³-hybridized carbons (Fsp3) is 0.632. The highest BCUT2D eigenvalue weighted by molar-refractivity contribution is 7.89. The van der Waals surface area contributed by atoms with Crippen LogP contribution >= 0.6 is 0 Å². The van der Waals surface area contributed by atoms with Gasteiger partial charge in [-0.15, -0.1) is 0 Å². The molecular formula is C19H27NO4S. The van der Waals surface area contributed by atoms with Gasteiger partial charge in [0.1, 0.15) is 5.78 Å². The Morgan fingerprint density at radius 1 is 1.28 bits per heavy atom. The van der Waals surface area contributed by atoms with Crippen LogP contribution in [0.3, 0.4) is 0 Å². The molecule has 0 heterocycles. The molecule has 2 fully saturated rings. The summed E-state index contributed by atoms with van der Waals surface area (Å²) in [6.45, 7) is 5.61. The van der Waals surface area contributed by atoms with Gasteiger partial charge in [-0.05, 0) is 36.7 Å². The summed E-state index contributed by atoms with van der Waals surface area (Å²) in [5.41, 5.74) is -0.394. The number of fused-ring (bicyclic) bond motifs is 2. The maximum Gasteiger partial charge on any atom is 0.213 e. The van der Waals surface area contributed by atoms with Crippen molar-refractivity contribution >= 4 is 15.8 Å². The number of hydrogen-bond donors (Lipinski definition) is 2. The van der Waals surface area contributed by atoms with Crippen molar-refractivity contribution in [2.24, 2.45) is 16.7 Å². The van der Waals surface area contributed by atoms with Crippen molar-refractivity contribution < 1.29 is 18.3 Å². The predicted octanol–water partition coefficient (Wildman–Crippen LogP) is 2.42. The van der Waals surface area contributed by atoms with Crippen LogP contribution in [0.5, 0.6) is 0 Å². The molecule has 5 nitrogen and oxygen atoms in total. The smallest absolute Gasteiger partial charge is 0.213 e. The van der Waals surface area contributed by atoms with Crippen molar-refractivity contribution in [3.05, 3.63) is 35.9 Å². The number of hydrogen-bond acceptors (Lipinski definition) is 4. The lowest BCUT2D eigenvalue weighted by molar-refractivity contribution is -0.128. The highest BCUT2D eigenvalue weighted by Crippen LogP contribution is 2.64. The molecule has 0 radical (unpaired) electrons. The molecule has 0 amide bonds. The molecule has 2 N–H and O–H groups in total. The molecule has 1 aromatic rings. The number of ketones is 1. The van der Waals surface area contributed by atoms with Crippen molar-refractivity contribution in [1.29, 1.82) is 0 Å². The quantitative estimate of drug-likeness (QED) is 0.811. The zero-order valence-electron chi connectivity index (χ0n) is 15.0. The molecule has 25 heavy (non-hydrogen) atoms. The molecule has 3 rings (SSSR count). The number of sulfonamides is 1. The Hall–Kier alpha value is -1.24. The molecule has 2 aliphatic rings. The third kappa shape index (κ3) is 3.04. The van der Waals surface area contributed by atoms with Crippen LogP contribution in [0.25, 0.3) is 0 Å². The maximum atomic E-state index is 12.9. The topological polar surface area (TPSA) is 83.5 Å². The van der Waals surface area contributed by atoms with Gasteiger partial charge in [-0.25, -0.2) is 13.1 Å². The number of nitrogens with one attached hydrogen (secondary N) is 1. The lowest BCUT2D eigenvalue weighted by atomic mass is 9.70. The fourth-order valence-electron chi connectivity index (χ4n) is 4.77. The van der Waals surface area contributed by atoms with Crippen LogP contribution in [-0.4, -0.2) is 31.2 Å². The summed E-state index contributed by atoms with van der Waals surface area (Å²) in [6, 6.07) is 8.31. The molecule has 6 heteroatoms. The first-order valence-electron chi connectivity index (χ1n) is 8.85. The summed E-state index contributed by atoms with van der Waals surface area (Å²) in [5, 5.41) is 10.1. The van der Waals surface area contributed by atoms with Crippen molar-refractivity contribution in [3.8, 4) is 0 Å². The van der Waals surface area contributed by atoms with E-state index in [4.69, 9.17) is 0 Å². The highest BCUT2D eigenvalue weighted by atomic mass is 32.2. The number of carbonyl (C=O) groups excluding carboxylic acids is 1. The van der Waals surface area contributed by atoms with Crippen molar-refractivity contribution in [2.45, 2.75) is 52.2 Å². The summed E-state index contributed by atoms with van der Waals surface area (Å²) in [7, 11) is -3.74. The van der Waals surface area contributed by atoms with Crippen molar-refractivity contribution in [2.75, 3.05) is 5.75 Å². The van der Waals surface area contributed by atoms with E-state index >= 15 is 0 Å². The van der Waals surface area contributed by atoms with E-state index in [0.29, 0.717) is 18.4 Å². The van der Waals surface area contributed by atoms with Crippen LogP contribution in [0.2, 0.25) is 0 Å². The van der Waals surface area contributed by atoms with Crippen LogP contribution in [0.1, 0.15) is 51.6 Å². The maximum absolute atomic E-state index is 12.9. The Morgan fingerprint density at radius 2 is 1.92 bits per heavy atom. The minimum absolute atomic E-state index is 0.0763. The minimum atomic E-state index is -3.74. The van der Waals surface area contributed by atoms with Crippen LogP contribution in [-0.2, 0) is 14.8 Å². The number of carbonyl (C=O) groups is 1. The van der Waals surface area contributed by atoms with Gasteiger partial charge in [-0.3, -0.25) is 4.79 Å². The summed E-state index contributed by atoms with van der Waals surface area (Å²) in [4.78, 5) is 12.6. The molecular weight excluding hydrogens is 338 g/mol. The molecule has 2 saturated carbocycles. The first-order chi connectivity index (χ1) is 11.6. The minimum Gasteiger partial charge on any atom is -0.391 e. The van der Waals surface area contributed by atoms with E-state index in [1.165, 1.54) is 0 Å². The van der Waals surface area contributed by atoms with Gasteiger partial charge in [0.25, 0.3) is 0 Å². The highest BCUT2D eigenvalue weighted by Gasteiger charge is 2.65. The zero-order valence-corrected chi connectivity index (χ0v) is 15.8. The molecule has 1 aromatic carbocycles. The van der Waals surface area contributed by atoms with Crippen LogP contribution in [0.4, 0.5) is 0 Å². The van der Waals surface area contributed by atoms with Gasteiger partial charge < -0.3 is 5.11 Å². The second-order valence-corrected chi connectivity index (χ2v) is 9.93. The van der Waals surface area contributed by atoms with E-state index in [9.17, 15) is 18.3 Å². The SMILES string of the molecule is CC(O)C(NS(=O)(=O)C[C@@]12CCC(CC1=O)C2(C)C)c1ccccc1. The Labute approximate surface area is 149 Å². The van der Waals surface area contributed by atoms with Crippen LogP contribution in [0, 0.1) is 16.7 Å². The van der Waals surface area contributed by atoms with Gasteiger partial charge in [-0.2, -0.15) is 0 Å². The summed E-state index contributed by atoms with van der Waals surface area (Å²) in [5.74, 6) is 0.155. The second kappa shape index (κ2) is 6.18. The monoisotopic (exact) mass is 365 g/mol. The molecule has 3 unspecified atom stereocenters. The number of aliphatic hydroxyl groups excluding tert-OH is 1. The number of rotatable bonds is 6. The van der Waals surface area contributed by atoms with Gasteiger partial charge in [-0.1, -0.05) is 44.2 Å². The summed E-state index contributed by atoms with van der Waals surface area (Å²) >= 11 is 0. The van der Waals surface area contributed by atoms with Crippen molar-refractivity contribution in [1.82, 2.24) is 4.72 Å². The van der Waals surface area contributed by atoms with Gasteiger partial charge in [0.2, 0.25) is 10.0 Å². The predicted molar refractivity (Wildman–Crippen MR) is 96.3 cm³/mol. The normalized spacial score (nSPS) is 30.4. The lowest BCUT2D eigenvalue weighted by Crippen LogP contribution is -2.47. The van der Waals surface area contributed by atoms with Crippen LogP contribution in [0.15, 0.2) is 30.3 Å². The standard InChI is InChI=1S/C19H27NO4S/c1-13(21)17(14-7-5-4-6-8-14)20-25(23,24)12-19-10-9-15(11-16(19)22)18(19,2)3/h4-8,13,15,17,20-21H,9-12H2,1-3H3/t13?,15?,17?,19-/m0/s1. The van der Waals surface area contributed by atoms with E-state index in [1.807, 2.05) is 32.0 Å². The molecule has 0 aliphatic heterocycles. The van der Waals surface area contributed by atoms with Gasteiger partial charge in [0.05, 0.1) is 17.9 Å². The molecule has 0 spiro atoms. The Morgan fingerprint density at radius 3 is 2.40 bits per heavy atom. The van der Waals surface area contributed by atoms with Gasteiger partial charge >= 0.3 is 0 Å². The van der Waals surface area contributed by atoms with Crippen molar-refractivity contribution in [3.63, 3.8) is 0 Å². The molecule has 0 saturated heterocycles. The van der Waals surface area contributed by atoms with Gasteiger partial charge in [0.15, 0.2) is 0 Å². The zero-order chi connectivity index (χ0) is 18.5.